The zero-order chi connectivity index (χ0) is 16.4. The Morgan fingerprint density at radius 3 is 2.46 bits per heavy atom. The number of carbonyl (C=O) groups excluding carboxylic acids is 1. The van der Waals surface area contributed by atoms with Crippen LogP contribution in [0.1, 0.15) is 72.1 Å². The molecule has 2 aliphatic heterocycles. The Bertz CT molecular complexity index is 418. The molecule has 4 unspecified atom stereocenters. The maximum atomic E-state index is 12.4. The van der Waals surface area contributed by atoms with Crippen molar-refractivity contribution < 1.29 is 9.53 Å². The molecule has 1 amide bonds. The Morgan fingerprint density at radius 1 is 1.21 bits per heavy atom. The van der Waals surface area contributed by atoms with Crippen LogP contribution in [0.4, 0.5) is 0 Å². The first kappa shape index (κ1) is 20.0. The molecule has 4 atom stereocenters. The molecule has 140 valence electrons. The van der Waals surface area contributed by atoms with Gasteiger partial charge in [-0.3, -0.25) is 4.79 Å². The molecule has 1 aliphatic carbocycles. The van der Waals surface area contributed by atoms with E-state index in [0.717, 1.165) is 19.4 Å². The van der Waals surface area contributed by atoms with E-state index < -0.39 is 0 Å². The molecule has 0 radical (unpaired) electrons. The summed E-state index contributed by atoms with van der Waals surface area (Å²) in [5.41, 5.74) is 0.0660. The summed E-state index contributed by atoms with van der Waals surface area (Å²) in [4.78, 5) is 12.4. The average molecular weight is 359 g/mol. The number of hydrogen-bond acceptors (Lipinski definition) is 3. The fourth-order valence-electron chi connectivity index (χ4n) is 4.64. The van der Waals surface area contributed by atoms with E-state index in [4.69, 9.17) is 4.74 Å². The zero-order valence-corrected chi connectivity index (χ0v) is 16.3. The van der Waals surface area contributed by atoms with Crippen molar-refractivity contribution in [3.05, 3.63) is 0 Å². The standard InChI is InChI=1S/C19H34N2O2.ClH/c1-4-5-8-23-17-12-16(19(17,2)3)21-18(22)11-13-9-14-6-7-15(10-13)20-14;/h13-17,20H,4-12H2,1-3H3,(H,21,22);1H. The smallest absolute Gasteiger partial charge is 0.220 e. The third-order valence-corrected chi connectivity index (χ3v) is 6.37. The number of nitrogens with one attached hydrogen (secondary N) is 2. The third-order valence-electron chi connectivity index (χ3n) is 6.37. The fourth-order valence-corrected chi connectivity index (χ4v) is 4.64. The first-order chi connectivity index (χ1) is 11.0. The van der Waals surface area contributed by atoms with Crippen LogP contribution in [0, 0.1) is 11.3 Å². The van der Waals surface area contributed by atoms with Crippen molar-refractivity contribution in [1.29, 1.82) is 0 Å². The molecule has 3 fully saturated rings. The molecule has 24 heavy (non-hydrogen) atoms. The first-order valence-corrected chi connectivity index (χ1v) is 9.66. The number of amides is 1. The number of fused-ring (bicyclic) bond motifs is 2. The number of halogens is 1. The van der Waals surface area contributed by atoms with E-state index in [0.29, 0.717) is 30.5 Å². The van der Waals surface area contributed by atoms with E-state index in [1.54, 1.807) is 0 Å². The lowest BCUT2D eigenvalue weighted by Gasteiger charge is -2.51. The van der Waals surface area contributed by atoms with Crippen LogP contribution in [-0.2, 0) is 9.53 Å². The highest BCUT2D eigenvalue weighted by Crippen LogP contribution is 2.43. The van der Waals surface area contributed by atoms with Crippen LogP contribution in [0.3, 0.4) is 0 Å². The van der Waals surface area contributed by atoms with Crippen molar-refractivity contribution in [2.24, 2.45) is 11.3 Å². The van der Waals surface area contributed by atoms with E-state index in [2.05, 4.69) is 31.4 Å². The van der Waals surface area contributed by atoms with Gasteiger partial charge in [0.05, 0.1) is 6.10 Å². The molecule has 0 spiro atoms. The highest BCUT2D eigenvalue weighted by atomic mass is 35.5. The summed E-state index contributed by atoms with van der Waals surface area (Å²) in [7, 11) is 0. The van der Waals surface area contributed by atoms with E-state index in [9.17, 15) is 4.79 Å². The van der Waals surface area contributed by atoms with Crippen LogP contribution in [0.25, 0.3) is 0 Å². The van der Waals surface area contributed by atoms with Crippen LogP contribution in [0.15, 0.2) is 0 Å². The number of carbonyl (C=O) groups is 1. The number of rotatable bonds is 7. The lowest BCUT2D eigenvalue weighted by atomic mass is 9.64. The van der Waals surface area contributed by atoms with Gasteiger partial charge in [0.2, 0.25) is 5.91 Å². The topological polar surface area (TPSA) is 50.4 Å². The van der Waals surface area contributed by atoms with E-state index in [1.165, 1.54) is 32.1 Å². The second-order valence-corrected chi connectivity index (χ2v) is 8.57. The van der Waals surface area contributed by atoms with Crippen LogP contribution in [0.5, 0.6) is 0 Å². The van der Waals surface area contributed by atoms with Gasteiger partial charge in [0, 0.05) is 36.6 Å². The Kier molecular flexibility index (Phi) is 6.98. The number of unbranched alkanes of at least 4 members (excludes halogenated alkanes) is 1. The number of ether oxygens (including phenoxy) is 1. The summed E-state index contributed by atoms with van der Waals surface area (Å²) in [6.45, 7) is 7.49. The number of hydrogen-bond donors (Lipinski definition) is 2. The monoisotopic (exact) mass is 358 g/mol. The van der Waals surface area contributed by atoms with Gasteiger partial charge >= 0.3 is 0 Å². The molecule has 0 aromatic heterocycles. The molecule has 5 heteroatoms. The second kappa shape index (κ2) is 8.37. The molecule has 2 heterocycles. The second-order valence-electron chi connectivity index (χ2n) is 8.57. The first-order valence-electron chi connectivity index (χ1n) is 9.66. The van der Waals surface area contributed by atoms with E-state index in [1.807, 2.05) is 0 Å². The van der Waals surface area contributed by atoms with E-state index in [-0.39, 0.29) is 29.8 Å². The Morgan fingerprint density at radius 2 is 1.88 bits per heavy atom. The minimum Gasteiger partial charge on any atom is -0.378 e. The zero-order valence-electron chi connectivity index (χ0n) is 15.5. The molecule has 3 rings (SSSR count). The van der Waals surface area contributed by atoms with Crippen molar-refractivity contribution in [2.45, 2.75) is 96.4 Å². The Labute approximate surface area is 153 Å². The largest absolute Gasteiger partial charge is 0.378 e. The summed E-state index contributed by atoms with van der Waals surface area (Å²) in [5, 5.41) is 6.94. The van der Waals surface area contributed by atoms with Crippen LogP contribution in [-0.4, -0.2) is 36.7 Å². The molecule has 1 saturated carbocycles. The minimum atomic E-state index is 0. The van der Waals surface area contributed by atoms with Crippen molar-refractivity contribution in [3.63, 3.8) is 0 Å². The van der Waals surface area contributed by atoms with Gasteiger partial charge < -0.3 is 15.4 Å². The lowest BCUT2D eigenvalue weighted by molar-refractivity contribution is -0.138. The predicted octanol–water partition coefficient (Wildman–Crippen LogP) is 3.43. The Balaban J connectivity index is 0.00000208. The van der Waals surface area contributed by atoms with Crippen molar-refractivity contribution >= 4 is 18.3 Å². The maximum absolute atomic E-state index is 12.4. The van der Waals surface area contributed by atoms with Crippen LogP contribution in [0.2, 0.25) is 0 Å². The molecule has 4 nitrogen and oxygen atoms in total. The highest BCUT2D eigenvalue weighted by Gasteiger charge is 2.49. The van der Waals surface area contributed by atoms with Gasteiger partial charge in [0.1, 0.15) is 0 Å². The molecule has 0 aromatic carbocycles. The van der Waals surface area contributed by atoms with E-state index >= 15 is 0 Å². The van der Waals surface area contributed by atoms with Gasteiger partial charge in [-0.15, -0.1) is 12.4 Å². The molecular formula is C19H35ClN2O2. The summed E-state index contributed by atoms with van der Waals surface area (Å²) in [6.07, 6.45) is 9.25. The Hall–Kier alpha value is -0.320. The average Bonchev–Trinajstić information content (AvgIpc) is 2.84. The molecule has 2 saturated heterocycles. The molecule has 0 aromatic rings. The summed E-state index contributed by atoms with van der Waals surface area (Å²) in [6, 6.07) is 1.62. The normalized spacial score (nSPS) is 36.5. The molecule has 2 N–H and O–H groups in total. The quantitative estimate of drug-likeness (QED) is 0.685. The van der Waals surface area contributed by atoms with Crippen molar-refractivity contribution in [2.75, 3.05) is 6.61 Å². The summed E-state index contributed by atoms with van der Waals surface area (Å²) >= 11 is 0. The fraction of sp³-hybridized carbons (Fsp3) is 0.947. The SMILES string of the molecule is CCCCOC1CC(NC(=O)CC2CC3CCC(C2)N3)C1(C)C.Cl. The summed E-state index contributed by atoms with van der Waals surface area (Å²) < 4.78 is 5.97. The van der Waals surface area contributed by atoms with Gasteiger partial charge in [0.25, 0.3) is 0 Å². The molecule has 2 bridgehead atoms. The maximum Gasteiger partial charge on any atom is 0.220 e. The van der Waals surface area contributed by atoms with Gasteiger partial charge in [0.15, 0.2) is 0 Å². The van der Waals surface area contributed by atoms with Crippen LogP contribution >= 0.6 is 12.4 Å². The third kappa shape index (κ3) is 4.44. The predicted molar refractivity (Wildman–Crippen MR) is 99.5 cm³/mol. The van der Waals surface area contributed by atoms with Crippen LogP contribution < -0.4 is 10.6 Å². The lowest BCUT2D eigenvalue weighted by Crippen LogP contribution is -2.62. The van der Waals surface area contributed by atoms with Crippen molar-refractivity contribution in [1.82, 2.24) is 10.6 Å². The van der Waals surface area contributed by atoms with Gasteiger partial charge in [-0.2, -0.15) is 0 Å². The highest BCUT2D eigenvalue weighted by molar-refractivity contribution is 5.85. The molecule has 3 aliphatic rings. The van der Waals surface area contributed by atoms with Gasteiger partial charge in [-0.05, 0) is 44.4 Å². The van der Waals surface area contributed by atoms with Gasteiger partial charge in [-0.25, -0.2) is 0 Å². The van der Waals surface area contributed by atoms with Crippen molar-refractivity contribution in [3.8, 4) is 0 Å². The van der Waals surface area contributed by atoms with Gasteiger partial charge in [-0.1, -0.05) is 27.2 Å². The minimum absolute atomic E-state index is 0. The molecular weight excluding hydrogens is 324 g/mol. The number of piperidine rings is 1. The summed E-state index contributed by atoms with van der Waals surface area (Å²) in [5.74, 6) is 0.829.